The second-order valence-corrected chi connectivity index (χ2v) is 6.16. The van der Waals surface area contributed by atoms with Gasteiger partial charge in [-0.25, -0.2) is 4.39 Å². The van der Waals surface area contributed by atoms with E-state index in [4.69, 9.17) is 0 Å². The predicted molar refractivity (Wildman–Crippen MR) is 81.8 cm³/mol. The molecule has 2 unspecified atom stereocenters. The molecule has 0 spiro atoms. The zero-order valence-corrected chi connectivity index (χ0v) is 13.3. The Hall–Kier alpha value is -0.650. The number of benzene rings is 1. The first-order valence-electron chi connectivity index (χ1n) is 6.64. The van der Waals surface area contributed by atoms with Gasteiger partial charge in [0, 0.05) is 30.7 Å². The number of amides is 1. The first kappa shape index (κ1) is 15.7. The molecular weight excluding hydrogens is 347 g/mol. The lowest BCUT2D eigenvalue weighted by Crippen LogP contribution is -2.39. The molecule has 2 aliphatic rings. The van der Waals surface area contributed by atoms with Gasteiger partial charge in [0.1, 0.15) is 5.82 Å². The van der Waals surface area contributed by atoms with Gasteiger partial charge >= 0.3 is 0 Å². The van der Waals surface area contributed by atoms with Crippen molar-refractivity contribution < 1.29 is 9.18 Å². The van der Waals surface area contributed by atoms with Crippen LogP contribution in [0.25, 0.3) is 0 Å². The molecule has 1 amide bonds. The summed E-state index contributed by atoms with van der Waals surface area (Å²) < 4.78 is 13.6. The molecule has 1 N–H and O–H groups in total. The van der Waals surface area contributed by atoms with Crippen molar-refractivity contribution in [1.82, 2.24) is 10.2 Å². The molecule has 20 heavy (non-hydrogen) atoms. The van der Waals surface area contributed by atoms with E-state index in [1.54, 1.807) is 12.1 Å². The second-order valence-electron chi connectivity index (χ2n) is 5.31. The summed E-state index contributed by atoms with van der Waals surface area (Å²) in [5, 5.41) is 3.55. The van der Waals surface area contributed by atoms with Gasteiger partial charge in [0.2, 0.25) is 0 Å². The highest BCUT2D eigenvalue weighted by Gasteiger charge is 2.31. The Morgan fingerprint density at radius 2 is 2.05 bits per heavy atom. The van der Waals surface area contributed by atoms with E-state index < -0.39 is 0 Å². The number of fused-ring (bicyclic) bond motifs is 2. The number of halogens is 3. The fourth-order valence-corrected chi connectivity index (χ4v) is 3.32. The fourth-order valence-electron chi connectivity index (χ4n) is 2.94. The van der Waals surface area contributed by atoms with E-state index >= 15 is 0 Å². The highest BCUT2D eigenvalue weighted by molar-refractivity contribution is 9.10. The first-order chi connectivity index (χ1) is 9.13. The molecule has 0 aliphatic carbocycles. The lowest BCUT2D eigenvalue weighted by molar-refractivity contribution is 0.0748. The molecule has 3 rings (SSSR count). The SMILES string of the molecule is Cl.O=C(c1ccc(F)c(Br)c1)N1CCC2CCC(C1)N2. The van der Waals surface area contributed by atoms with E-state index in [0.29, 0.717) is 22.1 Å². The van der Waals surface area contributed by atoms with Gasteiger partial charge in [0.15, 0.2) is 0 Å². The van der Waals surface area contributed by atoms with Gasteiger partial charge in [-0.05, 0) is 53.4 Å². The van der Waals surface area contributed by atoms with Crippen LogP contribution in [0.1, 0.15) is 29.6 Å². The van der Waals surface area contributed by atoms with Crippen LogP contribution in [0.15, 0.2) is 22.7 Å². The van der Waals surface area contributed by atoms with Crippen LogP contribution in [0.5, 0.6) is 0 Å². The van der Waals surface area contributed by atoms with Gasteiger partial charge < -0.3 is 10.2 Å². The first-order valence-corrected chi connectivity index (χ1v) is 7.43. The second kappa shape index (κ2) is 6.41. The molecule has 1 aromatic carbocycles. The van der Waals surface area contributed by atoms with E-state index in [0.717, 1.165) is 25.9 Å². The molecular formula is C14H17BrClFN2O. The van der Waals surface area contributed by atoms with E-state index in [-0.39, 0.29) is 24.1 Å². The molecule has 2 heterocycles. The van der Waals surface area contributed by atoms with Crippen LogP contribution in [0.2, 0.25) is 0 Å². The molecule has 0 radical (unpaired) electrons. The summed E-state index contributed by atoms with van der Waals surface area (Å²) in [7, 11) is 0. The number of nitrogens with one attached hydrogen (secondary N) is 1. The number of carbonyl (C=O) groups is 1. The number of hydrogen-bond acceptors (Lipinski definition) is 2. The lowest BCUT2D eigenvalue weighted by atomic mass is 10.1. The Balaban J connectivity index is 0.00000147. The third-order valence-electron chi connectivity index (χ3n) is 3.98. The Bertz CT molecular complexity index is 514. The molecule has 2 fully saturated rings. The molecule has 2 atom stereocenters. The van der Waals surface area contributed by atoms with Crippen molar-refractivity contribution in [1.29, 1.82) is 0 Å². The minimum Gasteiger partial charge on any atom is -0.337 e. The molecule has 3 nitrogen and oxygen atoms in total. The molecule has 2 bridgehead atoms. The van der Waals surface area contributed by atoms with E-state index in [9.17, 15) is 9.18 Å². The van der Waals surface area contributed by atoms with Gasteiger partial charge in [-0.15, -0.1) is 12.4 Å². The van der Waals surface area contributed by atoms with Crippen molar-refractivity contribution >= 4 is 34.2 Å². The average Bonchev–Trinajstić information content (AvgIpc) is 2.72. The molecule has 2 aliphatic heterocycles. The summed E-state index contributed by atoms with van der Waals surface area (Å²) in [5.74, 6) is -0.344. The summed E-state index contributed by atoms with van der Waals surface area (Å²) in [4.78, 5) is 14.3. The molecule has 0 aromatic heterocycles. The van der Waals surface area contributed by atoms with Crippen LogP contribution < -0.4 is 5.32 Å². The highest BCUT2D eigenvalue weighted by Crippen LogP contribution is 2.23. The number of nitrogens with zero attached hydrogens (tertiary/aromatic N) is 1. The summed E-state index contributed by atoms with van der Waals surface area (Å²) in [5.41, 5.74) is 0.547. The van der Waals surface area contributed by atoms with Crippen molar-refractivity contribution in [2.75, 3.05) is 13.1 Å². The van der Waals surface area contributed by atoms with Gasteiger partial charge in [-0.1, -0.05) is 0 Å². The fraction of sp³-hybridized carbons (Fsp3) is 0.500. The number of hydrogen-bond donors (Lipinski definition) is 1. The largest absolute Gasteiger partial charge is 0.337 e. The van der Waals surface area contributed by atoms with Crippen LogP contribution in [-0.4, -0.2) is 36.0 Å². The number of rotatable bonds is 1. The predicted octanol–water partition coefficient (Wildman–Crippen LogP) is 2.98. The molecule has 0 saturated carbocycles. The topological polar surface area (TPSA) is 32.3 Å². The Morgan fingerprint density at radius 3 is 2.80 bits per heavy atom. The monoisotopic (exact) mass is 362 g/mol. The van der Waals surface area contributed by atoms with Crippen LogP contribution >= 0.6 is 28.3 Å². The number of likely N-dealkylation sites (tertiary alicyclic amines) is 1. The van der Waals surface area contributed by atoms with E-state index in [1.165, 1.54) is 12.5 Å². The van der Waals surface area contributed by atoms with Crippen LogP contribution in [0.3, 0.4) is 0 Å². The molecule has 1 aromatic rings. The third-order valence-corrected chi connectivity index (χ3v) is 4.58. The minimum atomic E-state index is -0.340. The quantitative estimate of drug-likeness (QED) is 0.832. The maximum Gasteiger partial charge on any atom is 0.253 e. The number of carbonyl (C=O) groups excluding carboxylic acids is 1. The zero-order chi connectivity index (χ0) is 13.4. The summed E-state index contributed by atoms with van der Waals surface area (Å²) in [6, 6.07) is 5.43. The lowest BCUT2D eigenvalue weighted by Gasteiger charge is -2.24. The molecule has 110 valence electrons. The van der Waals surface area contributed by atoms with E-state index in [2.05, 4.69) is 21.2 Å². The summed E-state index contributed by atoms with van der Waals surface area (Å²) in [6.45, 7) is 1.53. The average molecular weight is 364 g/mol. The molecule has 6 heteroatoms. The van der Waals surface area contributed by atoms with E-state index in [1.807, 2.05) is 4.90 Å². The van der Waals surface area contributed by atoms with Crippen molar-refractivity contribution in [2.45, 2.75) is 31.3 Å². The maximum absolute atomic E-state index is 13.2. The highest BCUT2D eigenvalue weighted by atomic mass is 79.9. The van der Waals surface area contributed by atoms with Crippen LogP contribution in [-0.2, 0) is 0 Å². The van der Waals surface area contributed by atoms with Gasteiger partial charge in [-0.2, -0.15) is 0 Å². The zero-order valence-electron chi connectivity index (χ0n) is 10.9. The van der Waals surface area contributed by atoms with Crippen LogP contribution in [0.4, 0.5) is 4.39 Å². The van der Waals surface area contributed by atoms with Crippen molar-refractivity contribution in [3.05, 3.63) is 34.1 Å². The summed E-state index contributed by atoms with van der Waals surface area (Å²) >= 11 is 3.13. The van der Waals surface area contributed by atoms with Gasteiger partial charge in [0.05, 0.1) is 4.47 Å². The van der Waals surface area contributed by atoms with Crippen LogP contribution in [0, 0.1) is 5.82 Å². The minimum absolute atomic E-state index is 0. The van der Waals surface area contributed by atoms with Crippen molar-refractivity contribution in [3.63, 3.8) is 0 Å². The smallest absolute Gasteiger partial charge is 0.253 e. The Labute approximate surface area is 132 Å². The standard InChI is InChI=1S/C14H16BrFN2O.ClH/c15-12-7-9(1-4-13(12)16)14(19)18-6-5-10-2-3-11(8-18)17-10;/h1,4,7,10-11,17H,2-3,5-6,8H2;1H. The third kappa shape index (κ3) is 3.15. The summed E-state index contributed by atoms with van der Waals surface area (Å²) in [6.07, 6.45) is 3.36. The Kier molecular flexibility index (Phi) is 5.04. The van der Waals surface area contributed by atoms with Crippen molar-refractivity contribution in [2.24, 2.45) is 0 Å². The normalized spacial score (nSPS) is 25.0. The van der Waals surface area contributed by atoms with Gasteiger partial charge in [0.25, 0.3) is 5.91 Å². The van der Waals surface area contributed by atoms with Crippen molar-refractivity contribution in [3.8, 4) is 0 Å². The maximum atomic E-state index is 13.2. The van der Waals surface area contributed by atoms with Gasteiger partial charge in [-0.3, -0.25) is 4.79 Å². The molecule has 2 saturated heterocycles. The Morgan fingerprint density at radius 1 is 1.30 bits per heavy atom.